The molecule has 2 amide bonds. The number of aliphatic hydroxyl groups is 1. The van der Waals surface area contributed by atoms with Gasteiger partial charge in [0.25, 0.3) is 0 Å². The second-order valence-electron chi connectivity index (χ2n) is 10.1. The fraction of sp³-hybridized carbons (Fsp3) is 0.467. The number of fused-ring (bicyclic) bond motifs is 3. The van der Waals surface area contributed by atoms with E-state index in [1.165, 1.54) is 21.6 Å². The molecule has 0 radical (unpaired) electrons. The Morgan fingerprint density at radius 3 is 2.58 bits per heavy atom. The molecule has 2 aromatic rings. The average Bonchev–Trinajstić information content (AvgIpc) is 3.59. The van der Waals surface area contributed by atoms with Gasteiger partial charge in [-0.25, -0.2) is 0 Å². The number of hydrogen-bond donors (Lipinski definition) is 1. The van der Waals surface area contributed by atoms with Gasteiger partial charge in [0.05, 0.1) is 30.2 Å². The third kappa shape index (κ3) is 4.48. The van der Waals surface area contributed by atoms with Crippen molar-refractivity contribution in [3.05, 3.63) is 70.7 Å². The number of anilines is 1. The van der Waals surface area contributed by atoms with Gasteiger partial charge in [-0.15, -0.1) is 0 Å². The van der Waals surface area contributed by atoms with Crippen LogP contribution in [0.25, 0.3) is 6.08 Å². The maximum Gasteiger partial charge on any atom is 0.238 e. The second-order valence-corrected chi connectivity index (χ2v) is 10.1. The molecule has 2 fully saturated rings. The smallest absolute Gasteiger partial charge is 0.238 e. The van der Waals surface area contributed by atoms with E-state index in [2.05, 4.69) is 19.9 Å². The molecular formula is C30H35NO5. The van der Waals surface area contributed by atoms with E-state index >= 15 is 0 Å². The molecule has 1 aliphatic carbocycles. The number of imide groups is 1. The number of furan rings is 1. The Labute approximate surface area is 212 Å². The largest absolute Gasteiger partial charge is 0.459 e. The zero-order chi connectivity index (χ0) is 25.2. The molecule has 1 aromatic carbocycles. The minimum absolute atomic E-state index is 0.0216. The van der Waals surface area contributed by atoms with Crippen LogP contribution in [0.15, 0.2) is 63.6 Å². The number of rotatable bonds is 9. The molecule has 0 saturated carbocycles. The number of aliphatic hydroxyl groups excluding tert-OH is 1. The van der Waals surface area contributed by atoms with E-state index < -0.39 is 0 Å². The zero-order valence-electron chi connectivity index (χ0n) is 21.1. The Hall–Kier alpha value is -2.96. The van der Waals surface area contributed by atoms with Gasteiger partial charge < -0.3 is 14.3 Å². The molecule has 3 heterocycles. The van der Waals surface area contributed by atoms with Crippen LogP contribution in [-0.2, 0) is 20.9 Å². The quantitative estimate of drug-likeness (QED) is 0.363. The highest BCUT2D eigenvalue weighted by molar-refractivity contribution is 6.22. The van der Waals surface area contributed by atoms with Crippen LogP contribution in [0.3, 0.4) is 0 Å². The minimum atomic E-state index is -0.334. The van der Waals surface area contributed by atoms with Gasteiger partial charge in [-0.05, 0) is 68.0 Å². The molecule has 3 aliphatic rings. The summed E-state index contributed by atoms with van der Waals surface area (Å²) in [6.07, 6.45) is 7.24. The number of carbonyl (C=O) groups is 2. The lowest BCUT2D eigenvalue weighted by atomic mass is 9.68. The Balaban J connectivity index is 1.37. The first-order valence-electron chi connectivity index (χ1n) is 13.2. The predicted octanol–water partition coefficient (Wildman–Crippen LogP) is 5.67. The summed E-state index contributed by atoms with van der Waals surface area (Å²) in [7, 11) is 0. The summed E-state index contributed by atoms with van der Waals surface area (Å²) in [5.74, 6) is 0.524. The summed E-state index contributed by atoms with van der Waals surface area (Å²) >= 11 is 0. The topological polar surface area (TPSA) is 80.0 Å². The van der Waals surface area contributed by atoms with Crippen molar-refractivity contribution in [2.75, 3.05) is 11.5 Å². The van der Waals surface area contributed by atoms with Crippen molar-refractivity contribution in [1.82, 2.24) is 0 Å². The summed E-state index contributed by atoms with van der Waals surface area (Å²) in [6, 6.07) is 13.0. The number of ether oxygens (including phenoxy) is 1. The highest BCUT2D eigenvalue weighted by atomic mass is 16.5. The van der Waals surface area contributed by atoms with E-state index in [0.717, 1.165) is 37.9 Å². The molecule has 6 heteroatoms. The molecular weight excluding hydrogens is 454 g/mol. The van der Waals surface area contributed by atoms with Crippen LogP contribution in [0.4, 0.5) is 5.69 Å². The van der Waals surface area contributed by atoms with Gasteiger partial charge >= 0.3 is 0 Å². The van der Waals surface area contributed by atoms with Crippen LogP contribution in [0.2, 0.25) is 0 Å². The van der Waals surface area contributed by atoms with E-state index in [-0.39, 0.29) is 42.3 Å². The lowest BCUT2D eigenvalue weighted by molar-refractivity contribution is -0.122. The highest BCUT2D eigenvalue weighted by Crippen LogP contribution is 2.51. The maximum atomic E-state index is 13.6. The Morgan fingerprint density at radius 1 is 1.08 bits per heavy atom. The number of benzene rings is 1. The summed E-state index contributed by atoms with van der Waals surface area (Å²) in [4.78, 5) is 28.4. The number of nitrogens with zero attached hydrogens (tertiary/aromatic N) is 1. The van der Waals surface area contributed by atoms with Gasteiger partial charge in [-0.2, -0.15) is 0 Å². The Bertz CT molecular complexity index is 1180. The van der Waals surface area contributed by atoms with Gasteiger partial charge in [0.2, 0.25) is 11.8 Å². The molecule has 0 spiro atoms. The van der Waals surface area contributed by atoms with Gasteiger partial charge in [0.15, 0.2) is 0 Å². The molecule has 5 rings (SSSR count). The van der Waals surface area contributed by atoms with Crippen molar-refractivity contribution < 1.29 is 23.8 Å². The van der Waals surface area contributed by atoms with Crippen molar-refractivity contribution >= 4 is 23.6 Å². The van der Waals surface area contributed by atoms with Crippen LogP contribution < -0.4 is 4.90 Å². The second kappa shape index (κ2) is 10.6. The van der Waals surface area contributed by atoms with Crippen LogP contribution in [-0.4, -0.2) is 29.6 Å². The van der Waals surface area contributed by atoms with E-state index in [1.54, 1.807) is 6.07 Å². The Morgan fingerprint density at radius 2 is 1.89 bits per heavy atom. The van der Waals surface area contributed by atoms with Gasteiger partial charge in [-0.3, -0.25) is 14.5 Å². The molecule has 2 saturated heterocycles. The molecule has 190 valence electrons. The fourth-order valence-corrected chi connectivity index (χ4v) is 6.27. The highest BCUT2D eigenvalue weighted by Gasteiger charge is 2.57. The first-order valence-corrected chi connectivity index (χ1v) is 13.2. The van der Waals surface area contributed by atoms with E-state index in [9.17, 15) is 14.7 Å². The van der Waals surface area contributed by atoms with Gasteiger partial charge in [-0.1, -0.05) is 49.6 Å². The lowest BCUT2D eigenvalue weighted by Crippen LogP contribution is -2.34. The number of hydrogen-bond acceptors (Lipinski definition) is 5. The summed E-state index contributed by atoms with van der Waals surface area (Å²) in [5.41, 5.74) is 4.53. The first-order chi connectivity index (χ1) is 17.5. The number of amides is 2. The monoisotopic (exact) mass is 489 g/mol. The molecule has 2 aliphatic heterocycles. The zero-order valence-corrected chi connectivity index (χ0v) is 21.1. The molecule has 0 unspecified atom stereocenters. The molecule has 1 N–H and O–H groups in total. The van der Waals surface area contributed by atoms with Gasteiger partial charge in [0, 0.05) is 5.92 Å². The van der Waals surface area contributed by atoms with Crippen molar-refractivity contribution in [3.63, 3.8) is 0 Å². The molecule has 1 aromatic heterocycles. The van der Waals surface area contributed by atoms with Crippen LogP contribution in [0, 0.1) is 17.8 Å². The minimum Gasteiger partial charge on any atom is -0.459 e. The van der Waals surface area contributed by atoms with E-state index in [1.807, 2.05) is 36.4 Å². The standard InChI is InChI=1S/C30H35NO5/c1-3-8-20-16-24-28(30(34)31(29(24)33)21-9-6-5-7-10-21)25-18-35-26(27(20)25)14-11-19(4-2)15-22-12-13-23(17-32)36-22/h5-7,9-10,12-13,15,24-26,28,32H,3-4,8,11,14,16-18H2,1-2H3/b19-15+/t24-,25+,26-,28-/m1/s1. The van der Waals surface area contributed by atoms with E-state index in [4.69, 9.17) is 9.15 Å². The van der Waals surface area contributed by atoms with Crippen molar-refractivity contribution in [2.24, 2.45) is 17.8 Å². The number of carbonyl (C=O) groups excluding carboxylic acids is 2. The first kappa shape index (κ1) is 24.7. The van der Waals surface area contributed by atoms with Gasteiger partial charge in [0.1, 0.15) is 18.1 Å². The van der Waals surface area contributed by atoms with E-state index in [0.29, 0.717) is 24.5 Å². The lowest BCUT2D eigenvalue weighted by Gasteiger charge is -2.32. The number of allylic oxidation sites excluding steroid dienone is 2. The van der Waals surface area contributed by atoms with Crippen LogP contribution in [0.5, 0.6) is 0 Å². The molecule has 0 bridgehead atoms. The fourth-order valence-electron chi connectivity index (χ4n) is 6.27. The predicted molar refractivity (Wildman–Crippen MR) is 138 cm³/mol. The number of para-hydroxylation sites is 1. The average molecular weight is 490 g/mol. The summed E-state index contributed by atoms with van der Waals surface area (Å²) in [6.45, 7) is 4.69. The van der Waals surface area contributed by atoms with Crippen LogP contribution >= 0.6 is 0 Å². The SMILES string of the molecule is CCCC1=C2[C@@H](CC/C(=C/c3ccc(CO)o3)CC)OC[C@@H]2[C@@H]2C(=O)N(c3ccccc3)C(=O)[C@@H]2C1. The van der Waals surface area contributed by atoms with Crippen LogP contribution in [0.1, 0.15) is 63.9 Å². The normalized spacial score (nSPS) is 26.1. The van der Waals surface area contributed by atoms with Crippen molar-refractivity contribution in [2.45, 2.75) is 65.1 Å². The summed E-state index contributed by atoms with van der Waals surface area (Å²) < 4.78 is 12.0. The molecule has 6 nitrogen and oxygen atoms in total. The van der Waals surface area contributed by atoms with Crippen molar-refractivity contribution in [3.8, 4) is 0 Å². The summed E-state index contributed by atoms with van der Waals surface area (Å²) in [5, 5.41) is 9.26. The third-order valence-corrected chi connectivity index (χ3v) is 7.94. The third-order valence-electron chi connectivity index (χ3n) is 7.94. The van der Waals surface area contributed by atoms with Crippen molar-refractivity contribution in [1.29, 1.82) is 0 Å². The molecule has 4 atom stereocenters. The maximum absolute atomic E-state index is 13.6. The molecule has 36 heavy (non-hydrogen) atoms. The Kier molecular flexibility index (Phi) is 7.26.